The number of likely N-dealkylation sites (tertiary alicyclic amines) is 2. The number of hydrogen-bond acceptors (Lipinski definition) is 15. The van der Waals surface area contributed by atoms with Crippen molar-refractivity contribution in [3.63, 3.8) is 0 Å². The molecule has 2 aromatic carbocycles. The smallest absolute Gasteiger partial charge is 0.246 e. The van der Waals surface area contributed by atoms with E-state index in [0.29, 0.717) is 44.6 Å². The maximum absolute atomic E-state index is 13.9. The van der Waals surface area contributed by atoms with Gasteiger partial charge in [0.05, 0.1) is 17.9 Å². The Labute approximate surface area is 465 Å². The average Bonchev–Trinajstić information content (AvgIpc) is 4.08. The second-order valence-corrected chi connectivity index (χ2v) is 22.3. The zero-order valence-electron chi connectivity index (χ0n) is 48.7. The van der Waals surface area contributed by atoms with Crippen molar-refractivity contribution in [3.8, 4) is 0 Å². The van der Waals surface area contributed by atoms with Crippen LogP contribution >= 0.6 is 0 Å². The highest BCUT2D eigenvalue weighted by Crippen LogP contribution is 2.29. The largest absolute Gasteiger partial charge is 0.346 e. The van der Waals surface area contributed by atoms with Gasteiger partial charge in [0.25, 0.3) is 0 Å². The summed E-state index contributed by atoms with van der Waals surface area (Å²) in [6.07, 6.45) is 14.6. The van der Waals surface area contributed by atoms with Gasteiger partial charge in [-0.15, -0.1) is 0 Å². The topological polar surface area (TPSA) is 299 Å². The fourth-order valence-corrected chi connectivity index (χ4v) is 9.49. The van der Waals surface area contributed by atoms with Crippen molar-refractivity contribution < 1.29 is 28.8 Å². The lowest BCUT2D eigenvalue weighted by Gasteiger charge is -2.37. The summed E-state index contributed by atoms with van der Waals surface area (Å²) in [5.41, 5.74) is 2.63. The van der Waals surface area contributed by atoms with Gasteiger partial charge in [0, 0.05) is 64.2 Å². The Balaban J connectivity index is 0.000000529. The fraction of sp³-hybridized carbons (Fsp3) is 0.643. The van der Waals surface area contributed by atoms with Crippen molar-refractivity contribution in [2.24, 2.45) is 44.4 Å². The number of likely N-dealkylation sites (N-methyl/N-ethyl adjacent to an activating group) is 2. The summed E-state index contributed by atoms with van der Waals surface area (Å²) in [4.78, 5) is 82.6. The van der Waals surface area contributed by atoms with Gasteiger partial charge in [-0.2, -0.15) is 10.2 Å². The van der Waals surface area contributed by atoms with Gasteiger partial charge >= 0.3 is 0 Å². The van der Waals surface area contributed by atoms with Gasteiger partial charge < -0.3 is 57.3 Å². The van der Waals surface area contributed by atoms with Gasteiger partial charge in [0.15, 0.2) is 0 Å². The Kier molecular flexibility index (Phi) is 31.4. The third-order valence-electron chi connectivity index (χ3n) is 13.7. The summed E-state index contributed by atoms with van der Waals surface area (Å²) in [6, 6.07) is 14.1. The number of nitrogens with zero attached hydrogens (tertiary/aromatic N) is 8. The normalized spacial score (nSPS) is 16.2. The summed E-state index contributed by atoms with van der Waals surface area (Å²) < 4.78 is 0. The molecule has 0 radical (unpaired) electrons. The molecule has 4 atom stereocenters. The number of hydrazine groups is 2. The van der Waals surface area contributed by atoms with E-state index in [0.717, 1.165) is 113 Å². The SMILES string of the molecule is CCNC.CN(Cc1cccc(N(N)/C=N\N)c1)CC1CCCN1C(=O)C(NC=O)C(C)(C)C.CNCC(=O)NC(C(=O)N1CCCC1CN(Cc1cccc(N(N)/C=N\N)c1)C(=O)CCCCCCCCC=O)C(C)(C)C. The van der Waals surface area contributed by atoms with Gasteiger partial charge in [0.1, 0.15) is 31.0 Å². The third-order valence-corrected chi connectivity index (χ3v) is 13.7. The molecule has 0 aromatic heterocycles. The Bertz CT molecular complexity index is 2160. The molecule has 0 bridgehead atoms. The molecule has 2 saturated heterocycles. The molecule has 2 heterocycles. The maximum atomic E-state index is 13.9. The summed E-state index contributed by atoms with van der Waals surface area (Å²) in [6.45, 7) is 18.5. The number of hydrazone groups is 2. The van der Waals surface area contributed by atoms with E-state index in [1.807, 2.05) is 119 Å². The van der Waals surface area contributed by atoms with Crippen LogP contribution in [0, 0.1) is 10.8 Å². The summed E-state index contributed by atoms with van der Waals surface area (Å²) >= 11 is 0. The zero-order valence-corrected chi connectivity index (χ0v) is 48.7. The molecular weight excluding hydrogens is 993 g/mol. The van der Waals surface area contributed by atoms with Crippen LogP contribution in [-0.4, -0.2) is 153 Å². The van der Waals surface area contributed by atoms with Gasteiger partial charge in [0.2, 0.25) is 30.0 Å². The molecule has 5 amide bonds. The summed E-state index contributed by atoms with van der Waals surface area (Å²) in [5, 5.41) is 21.0. The van der Waals surface area contributed by atoms with Crippen LogP contribution in [0.15, 0.2) is 58.7 Å². The van der Waals surface area contributed by atoms with E-state index in [1.54, 1.807) is 7.05 Å². The molecule has 0 saturated carbocycles. The molecule has 438 valence electrons. The standard InChI is InChI=1S/C32H54N8O4.C21H35N7O2.C3H9N/c1-32(2,3)30(37-28(42)21-35-4)31(44)39-18-13-16-27(39)23-38(29(43)17-10-8-6-5-7-9-11-19-41)22-25-14-12-15-26(20-25)40(34)24-36-33;1-21(2,3)19(24-15-29)20(30)27-10-6-9-18(27)13-26(4)12-16-7-5-8-17(11-16)28(23)14-25-22;1-3-4-2/h12,14-15,19-20,24,27,30,35H,5-11,13,16-18,21-23,33-34H2,1-4H3,(H,37,42);5,7-8,11,14-15,18-19H,6,9-10,12-13,22-23H2,1-4H3,(H,24,29);4H,3H2,1-2H3/b36-24-;25-14-;. The number of carbonyl (C=O) groups is 6. The quantitative estimate of drug-likeness (QED) is 0.0144. The minimum absolute atomic E-state index is 0.00709. The van der Waals surface area contributed by atoms with Crippen LogP contribution in [0.25, 0.3) is 0 Å². The lowest BCUT2D eigenvalue weighted by atomic mass is 9.85. The van der Waals surface area contributed by atoms with E-state index in [2.05, 4.69) is 43.3 Å². The van der Waals surface area contributed by atoms with E-state index in [1.165, 1.54) is 22.7 Å². The van der Waals surface area contributed by atoms with E-state index in [4.69, 9.17) is 23.4 Å². The molecule has 78 heavy (non-hydrogen) atoms. The van der Waals surface area contributed by atoms with Crippen molar-refractivity contribution in [2.45, 2.75) is 163 Å². The minimum atomic E-state index is -0.684. The predicted molar refractivity (Wildman–Crippen MR) is 313 cm³/mol. The van der Waals surface area contributed by atoms with Crippen LogP contribution in [0.3, 0.4) is 0 Å². The van der Waals surface area contributed by atoms with Gasteiger partial charge in [-0.3, -0.25) is 34.0 Å². The van der Waals surface area contributed by atoms with Crippen molar-refractivity contribution in [1.29, 1.82) is 0 Å². The van der Waals surface area contributed by atoms with Crippen molar-refractivity contribution in [1.82, 2.24) is 40.9 Å². The first-order valence-electron chi connectivity index (χ1n) is 27.6. The lowest BCUT2D eigenvalue weighted by molar-refractivity contribution is -0.142. The molecule has 0 aliphatic carbocycles. The van der Waals surface area contributed by atoms with Crippen LogP contribution in [0.4, 0.5) is 11.4 Å². The first-order valence-corrected chi connectivity index (χ1v) is 27.6. The first kappa shape index (κ1) is 67.9. The molecule has 2 aliphatic heterocycles. The molecule has 22 heteroatoms. The van der Waals surface area contributed by atoms with Crippen molar-refractivity contribution in [2.75, 3.05) is 70.4 Å². The number of benzene rings is 2. The van der Waals surface area contributed by atoms with Gasteiger partial charge in [-0.1, -0.05) is 98.4 Å². The molecule has 22 nitrogen and oxygen atoms in total. The molecule has 4 rings (SSSR count). The maximum Gasteiger partial charge on any atom is 0.246 e. The molecular formula is C56H98N16O6. The van der Waals surface area contributed by atoms with E-state index >= 15 is 0 Å². The number of amides is 5. The number of hydrogen-bond donors (Lipinski definition) is 8. The molecule has 12 N–H and O–H groups in total. The summed E-state index contributed by atoms with van der Waals surface area (Å²) in [7, 11) is 5.67. The summed E-state index contributed by atoms with van der Waals surface area (Å²) in [5.74, 6) is 22.0. The van der Waals surface area contributed by atoms with E-state index in [9.17, 15) is 28.8 Å². The highest BCUT2D eigenvalue weighted by atomic mass is 16.2. The van der Waals surface area contributed by atoms with Crippen LogP contribution < -0.4 is 54.7 Å². The highest BCUT2D eigenvalue weighted by Gasteiger charge is 2.41. The first-order chi connectivity index (χ1) is 37.1. The van der Waals surface area contributed by atoms with Gasteiger partial charge in [-0.25, -0.2) is 11.7 Å². The van der Waals surface area contributed by atoms with Crippen LogP contribution in [0.5, 0.6) is 0 Å². The second-order valence-electron chi connectivity index (χ2n) is 22.3. The van der Waals surface area contributed by atoms with Gasteiger partial charge in [-0.05, 0) is 112 Å². The number of anilines is 2. The molecule has 4 unspecified atom stereocenters. The Morgan fingerprint density at radius 2 is 1.21 bits per heavy atom. The van der Waals surface area contributed by atoms with Crippen molar-refractivity contribution in [3.05, 3.63) is 59.7 Å². The van der Waals surface area contributed by atoms with Crippen LogP contribution in [0.1, 0.15) is 137 Å². The third kappa shape index (κ3) is 24.2. The number of unbranched alkanes of at least 4 members (excludes halogenated alkanes) is 6. The van der Waals surface area contributed by atoms with Crippen LogP contribution in [0.2, 0.25) is 0 Å². The molecule has 2 fully saturated rings. The van der Waals surface area contributed by atoms with E-state index < -0.39 is 17.5 Å². The Morgan fingerprint density at radius 1 is 0.718 bits per heavy atom. The van der Waals surface area contributed by atoms with E-state index in [-0.39, 0.29) is 47.7 Å². The second kappa shape index (κ2) is 36.1. The molecule has 0 spiro atoms. The number of nitrogens with two attached hydrogens (primary N) is 4. The molecule has 2 aliphatic rings. The number of rotatable bonds is 29. The Morgan fingerprint density at radius 3 is 1.68 bits per heavy atom. The number of carbonyl (C=O) groups excluding carboxylic acids is 6. The molecule has 2 aromatic rings. The lowest BCUT2D eigenvalue weighted by Crippen LogP contribution is -2.57. The fourth-order valence-electron chi connectivity index (χ4n) is 9.49. The Hall–Kier alpha value is -6.20. The average molecular weight is 1090 g/mol. The monoisotopic (exact) mass is 1090 g/mol. The number of nitrogens with one attached hydrogen (secondary N) is 4. The predicted octanol–water partition coefficient (Wildman–Crippen LogP) is 3.74. The minimum Gasteiger partial charge on any atom is -0.346 e. The zero-order chi connectivity index (χ0) is 58.3. The van der Waals surface area contributed by atoms with Crippen molar-refractivity contribution >= 4 is 60.4 Å². The number of aldehydes is 1. The highest BCUT2D eigenvalue weighted by molar-refractivity contribution is 5.89. The van der Waals surface area contributed by atoms with Crippen LogP contribution in [-0.2, 0) is 41.9 Å².